The van der Waals surface area contributed by atoms with E-state index in [-0.39, 0.29) is 29.6 Å². The van der Waals surface area contributed by atoms with Crippen molar-refractivity contribution in [2.24, 2.45) is 0 Å². The molecule has 0 atom stereocenters. The molecule has 0 aliphatic heterocycles. The lowest BCUT2D eigenvalue weighted by Crippen LogP contribution is -2.16. The topological polar surface area (TPSA) is 41.1 Å². The van der Waals surface area contributed by atoms with Crippen molar-refractivity contribution in [2.75, 3.05) is 17.2 Å². The first kappa shape index (κ1) is 16.5. The molecule has 0 heterocycles. The van der Waals surface area contributed by atoms with Gasteiger partial charge in [-0.15, -0.1) is 0 Å². The summed E-state index contributed by atoms with van der Waals surface area (Å²) in [4.78, 5) is 11.8. The Hall–Kier alpha value is -1.85. The zero-order valence-corrected chi connectivity index (χ0v) is 12.8. The van der Waals surface area contributed by atoms with Crippen LogP contribution in [-0.4, -0.2) is 12.5 Å². The smallest absolute Gasteiger partial charge is 0.226 e. The summed E-state index contributed by atoms with van der Waals surface area (Å²) in [6.07, 6.45) is 0.0830. The third kappa shape index (κ3) is 4.32. The Bertz CT molecular complexity index is 695. The van der Waals surface area contributed by atoms with Crippen LogP contribution in [0.15, 0.2) is 36.4 Å². The fraction of sp³-hybridized carbons (Fsp3) is 0.133. The largest absolute Gasteiger partial charge is 0.382 e. The van der Waals surface area contributed by atoms with Crippen molar-refractivity contribution in [1.82, 2.24) is 0 Å². The molecule has 0 unspecified atom stereocenters. The Labute approximate surface area is 136 Å². The average molecular weight is 345 g/mol. The highest BCUT2D eigenvalue weighted by Crippen LogP contribution is 2.29. The van der Waals surface area contributed by atoms with Crippen LogP contribution >= 0.6 is 23.2 Å². The summed E-state index contributed by atoms with van der Waals surface area (Å²) in [7, 11) is 0. The molecular weight excluding hydrogens is 333 g/mol. The second-order valence-corrected chi connectivity index (χ2v) is 5.24. The van der Waals surface area contributed by atoms with Gasteiger partial charge >= 0.3 is 0 Å². The zero-order valence-electron chi connectivity index (χ0n) is 11.3. The summed E-state index contributed by atoms with van der Waals surface area (Å²) in [6.45, 7) is 0.187. The Kier molecular flexibility index (Phi) is 5.57. The van der Waals surface area contributed by atoms with E-state index in [1.54, 1.807) is 18.2 Å². The molecule has 0 spiro atoms. The number of anilines is 2. The van der Waals surface area contributed by atoms with Gasteiger partial charge in [0.15, 0.2) is 0 Å². The lowest BCUT2D eigenvalue weighted by atomic mass is 10.2. The Morgan fingerprint density at radius 2 is 1.86 bits per heavy atom. The quantitative estimate of drug-likeness (QED) is 0.824. The van der Waals surface area contributed by atoms with E-state index in [1.807, 2.05) is 0 Å². The van der Waals surface area contributed by atoms with E-state index in [0.717, 1.165) is 12.1 Å². The molecule has 0 radical (unpaired) electrons. The number of carbonyl (C=O) groups excluding carboxylic acids is 1. The van der Waals surface area contributed by atoms with Gasteiger partial charge in [0.2, 0.25) is 5.91 Å². The number of hydrogen-bond acceptors (Lipinski definition) is 2. The van der Waals surface area contributed by atoms with Gasteiger partial charge < -0.3 is 10.6 Å². The highest BCUT2D eigenvalue weighted by atomic mass is 35.5. The van der Waals surface area contributed by atoms with Gasteiger partial charge in [0, 0.05) is 19.0 Å². The standard InChI is InChI=1S/C15H12Cl2F2N2O/c16-10-2-1-3-13(15(10)17)21-14(22)6-7-20-12-5-4-9(18)8-11(12)19/h1-5,8,20H,6-7H2,(H,21,22). The first-order valence-electron chi connectivity index (χ1n) is 6.40. The average Bonchev–Trinajstić information content (AvgIpc) is 2.46. The number of amides is 1. The first-order valence-corrected chi connectivity index (χ1v) is 7.16. The summed E-state index contributed by atoms with van der Waals surface area (Å²) < 4.78 is 26.1. The van der Waals surface area contributed by atoms with E-state index in [2.05, 4.69) is 10.6 Å². The van der Waals surface area contributed by atoms with Crippen LogP contribution in [0.25, 0.3) is 0 Å². The van der Waals surface area contributed by atoms with Crippen LogP contribution in [0.1, 0.15) is 6.42 Å². The van der Waals surface area contributed by atoms with Crippen LogP contribution < -0.4 is 10.6 Å². The van der Waals surface area contributed by atoms with Gasteiger partial charge in [-0.3, -0.25) is 4.79 Å². The molecule has 0 aromatic heterocycles. The monoisotopic (exact) mass is 344 g/mol. The Balaban J connectivity index is 1.87. The van der Waals surface area contributed by atoms with Gasteiger partial charge in [0.25, 0.3) is 0 Å². The van der Waals surface area contributed by atoms with Crippen molar-refractivity contribution in [3.8, 4) is 0 Å². The van der Waals surface area contributed by atoms with Crippen molar-refractivity contribution in [2.45, 2.75) is 6.42 Å². The second kappa shape index (κ2) is 7.42. The number of benzene rings is 2. The fourth-order valence-corrected chi connectivity index (χ4v) is 2.10. The molecule has 116 valence electrons. The van der Waals surface area contributed by atoms with Crippen LogP contribution in [0.3, 0.4) is 0 Å². The van der Waals surface area contributed by atoms with Crippen molar-refractivity contribution >= 4 is 40.5 Å². The number of carbonyl (C=O) groups is 1. The summed E-state index contributed by atoms with van der Waals surface area (Å²) in [5, 5.41) is 5.93. The molecule has 0 bridgehead atoms. The summed E-state index contributed by atoms with van der Waals surface area (Å²) in [6, 6.07) is 8.08. The predicted octanol–water partition coefficient (Wildman–Crippen LogP) is 4.71. The Morgan fingerprint density at radius 3 is 2.59 bits per heavy atom. The minimum Gasteiger partial charge on any atom is -0.382 e. The molecule has 22 heavy (non-hydrogen) atoms. The van der Waals surface area contributed by atoms with Crippen LogP contribution in [0.4, 0.5) is 20.2 Å². The molecule has 2 N–H and O–H groups in total. The first-order chi connectivity index (χ1) is 10.5. The molecule has 2 rings (SSSR count). The summed E-state index contributed by atoms with van der Waals surface area (Å²) >= 11 is 11.8. The second-order valence-electron chi connectivity index (χ2n) is 4.45. The van der Waals surface area contributed by atoms with Gasteiger partial charge in [0.05, 0.1) is 21.4 Å². The van der Waals surface area contributed by atoms with Crippen LogP contribution in [0.2, 0.25) is 10.0 Å². The highest BCUT2D eigenvalue weighted by molar-refractivity contribution is 6.43. The van der Waals surface area contributed by atoms with E-state index in [9.17, 15) is 13.6 Å². The maximum absolute atomic E-state index is 13.4. The maximum atomic E-state index is 13.4. The molecule has 1 amide bonds. The minimum absolute atomic E-state index is 0.0830. The molecule has 0 saturated heterocycles. The molecule has 2 aromatic rings. The van der Waals surface area contributed by atoms with E-state index < -0.39 is 11.6 Å². The summed E-state index contributed by atoms with van der Waals surface area (Å²) in [5.74, 6) is -1.67. The number of nitrogens with one attached hydrogen (secondary N) is 2. The number of hydrogen-bond donors (Lipinski definition) is 2. The lowest BCUT2D eigenvalue weighted by Gasteiger charge is -2.10. The Morgan fingerprint density at radius 1 is 1.09 bits per heavy atom. The molecule has 0 saturated carbocycles. The SMILES string of the molecule is O=C(CCNc1ccc(F)cc1F)Nc1cccc(Cl)c1Cl. The third-order valence-electron chi connectivity index (χ3n) is 2.82. The summed E-state index contributed by atoms with van der Waals surface area (Å²) in [5.41, 5.74) is 0.544. The maximum Gasteiger partial charge on any atom is 0.226 e. The third-order valence-corrected chi connectivity index (χ3v) is 3.64. The van der Waals surface area contributed by atoms with Crippen molar-refractivity contribution in [1.29, 1.82) is 0 Å². The minimum atomic E-state index is -0.710. The molecule has 0 aliphatic rings. The molecule has 2 aromatic carbocycles. The van der Waals surface area contributed by atoms with Crippen molar-refractivity contribution in [3.05, 3.63) is 58.1 Å². The van der Waals surface area contributed by atoms with Crippen molar-refractivity contribution in [3.63, 3.8) is 0 Å². The molecular formula is C15H12Cl2F2N2O. The lowest BCUT2D eigenvalue weighted by molar-refractivity contribution is -0.115. The van der Waals surface area contributed by atoms with Gasteiger partial charge in [0.1, 0.15) is 11.6 Å². The van der Waals surface area contributed by atoms with Crippen LogP contribution in [0, 0.1) is 11.6 Å². The van der Waals surface area contributed by atoms with E-state index in [4.69, 9.17) is 23.2 Å². The predicted molar refractivity (Wildman–Crippen MR) is 84.6 cm³/mol. The van der Waals surface area contributed by atoms with Crippen molar-refractivity contribution < 1.29 is 13.6 Å². The fourth-order valence-electron chi connectivity index (χ4n) is 1.76. The van der Waals surface area contributed by atoms with Crippen LogP contribution in [0.5, 0.6) is 0 Å². The van der Waals surface area contributed by atoms with Gasteiger partial charge in [-0.1, -0.05) is 29.3 Å². The number of halogens is 4. The van der Waals surface area contributed by atoms with E-state index in [1.165, 1.54) is 6.07 Å². The van der Waals surface area contributed by atoms with Crippen LogP contribution in [-0.2, 0) is 4.79 Å². The molecule has 3 nitrogen and oxygen atoms in total. The zero-order chi connectivity index (χ0) is 16.1. The van der Waals surface area contributed by atoms with Gasteiger partial charge in [-0.05, 0) is 24.3 Å². The highest BCUT2D eigenvalue weighted by Gasteiger charge is 2.09. The molecule has 7 heteroatoms. The van der Waals surface area contributed by atoms with Gasteiger partial charge in [-0.2, -0.15) is 0 Å². The van der Waals surface area contributed by atoms with Gasteiger partial charge in [-0.25, -0.2) is 8.78 Å². The number of rotatable bonds is 5. The van der Waals surface area contributed by atoms with E-state index in [0.29, 0.717) is 10.7 Å². The normalized spacial score (nSPS) is 10.4. The molecule has 0 aliphatic carbocycles. The molecule has 0 fully saturated rings. The van der Waals surface area contributed by atoms with E-state index >= 15 is 0 Å².